The second-order valence-corrected chi connectivity index (χ2v) is 7.81. The third-order valence-electron chi connectivity index (χ3n) is 5.46. The van der Waals surface area contributed by atoms with Crippen LogP contribution in [-0.4, -0.2) is 0 Å². The number of aryl methyl sites for hydroxylation is 1. The van der Waals surface area contributed by atoms with Crippen molar-refractivity contribution in [3.8, 4) is 0 Å². The number of benzene rings is 3. The molecule has 0 saturated carbocycles. The Morgan fingerprint density at radius 1 is 0.655 bits per heavy atom. The summed E-state index contributed by atoms with van der Waals surface area (Å²) in [4.78, 5) is 0. The van der Waals surface area contributed by atoms with Gasteiger partial charge in [-0.2, -0.15) is 5.11 Å². The van der Waals surface area contributed by atoms with Crippen LogP contribution in [0, 0.1) is 0 Å². The Hall–Kier alpha value is -2.68. The molecule has 0 unspecified atom stereocenters. The molecule has 0 fully saturated rings. The highest BCUT2D eigenvalue weighted by atomic mass is 15.1. The second-order valence-electron chi connectivity index (χ2n) is 7.81. The van der Waals surface area contributed by atoms with Crippen molar-refractivity contribution in [1.29, 1.82) is 0 Å². The van der Waals surface area contributed by atoms with E-state index in [0.717, 1.165) is 34.3 Å². The van der Waals surface area contributed by atoms with Crippen LogP contribution in [0.5, 0.6) is 0 Å². The fourth-order valence-corrected chi connectivity index (χ4v) is 3.70. The number of hydrogen-bond donors (Lipinski definition) is 1. The Morgan fingerprint density at radius 3 is 2.03 bits per heavy atom. The lowest BCUT2D eigenvalue weighted by Gasteiger charge is -2.04. The van der Waals surface area contributed by atoms with Crippen molar-refractivity contribution in [2.75, 3.05) is 5.73 Å². The molecule has 0 bridgehead atoms. The molecule has 0 aromatic heterocycles. The molecular formula is C26H33N3. The first-order valence-electron chi connectivity index (χ1n) is 11.1. The molecule has 3 nitrogen and oxygen atoms in total. The molecule has 2 N–H and O–H groups in total. The molecule has 0 aliphatic carbocycles. The summed E-state index contributed by atoms with van der Waals surface area (Å²) in [6.45, 7) is 2.27. The number of hydrogen-bond acceptors (Lipinski definition) is 3. The average molecular weight is 388 g/mol. The van der Waals surface area contributed by atoms with Gasteiger partial charge in [0.15, 0.2) is 0 Å². The molecule has 3 heteroatoms. The maximum absolute atomic E-state index is 6.06. The van der Waals surface area contributed by atoms with Crippen molar-refractivity contribution in [1.82, 2.24) is 0 Å². The Morgan fingerprint density at radius 2 is 1.31 bits per heavy atom. The van der Waals surface area contributed by atoms with E-state index in [1.807, 2.05) is 36.4 Å². The van der Waals surface area contributed by atoms with Gasteiger partial charge in [0.1, 0.15) is 0 Å². The monoisotopic (exact) mass is 387 g/mol. The molecule has 0 radical (unpaired) electrons. The highest BCUT2D eigenvalue weighted by Gasteiger charge is 2.03. The summed E-state index contributed by atoms with van der Waals surface area (Å²) in [5, 5.41) is 10.9. The highest BCUT2D eigenvalue weighted by molar-refractivity contribution is 5.99. The molecule has 152 valence electrons. The summed E-state index contributed by atoms with van der Waals surface area (Å²) in [6, 6.07) is 20.3. The number of nitrogens with zero attached hydrogens (tertiary/aromatic N) is 2. The molecule has 0 heterocycles. The van der Waals surface area contributed by atoms with Gasteiger partial charge in [0.2, 0.25) is 0 Å². The minimum absolute atomic E-state index is 0.768. The molecule has 3 aromatic carbocycles. The standard InChI is InChI=1S/C26H33N3/c1-2-3-4-5-6-7-8-9-12-21-15-17-22(18-16-21)28-29-26-20-19-25(27)23-13-10-11-14-24(23)26/h10-11,13-20H,2-9,12,27H2,1H3. The molecule has 0 aliphatic heterocycles. The molecular weight excluding hydrogens is 354 g/mol. The van der Waals surface area contributed by atoms with Crippen molar-refractivity contribution in [2.24, 2.45) is 10.2 Å². The van der Waals surface area contributed by atoms with Crippen molar-refractivity contribution < 1.29 is 0 Å². The van der Waals surface area contributed by atoms with Gasteiger partial charge in [-0.3, -0.25) is 0 Å². The summed E-state index contributed by atoms with van der Waals surface area (Å²) in [6.07, 6.45) is 12.0. The van der Waals surface area contributed by atoms with Crippen molar-refractivity contribution in [3.05, 3.63) is 66.2 Å². The molecule has 0 amide bonds. The zero-order valence-corrected chi connectivity index (χ0v) is 17.6. The fourth-order valence-electron chi connectivity index (χ4n) is 3.70. The van der Waals surface area contributed by atoms with Gasteiger partial charge in [0, 0.05) is 16.5 Å². The highest BCUT2D eigenvalue weighted by Crippen LogP contribution is 2.31. The van der Waals surface area contributed by atoms with Gasteiger partial charge in [-0.15, -0.1) is 5.11 Å². The number of azo groups is 1. The van der Waals surface area contributed by atoms with E-state index in [0.29, 0.717) is 0 Å². The van der Waals surface area contributed by atoms with Gasteiger partial charge in [0.05, 0.1) is 11.4 Å². The number of rotatable bonds is 11. The molecule has 0 aliphatic rings. The van der Waals surface area contributed by atoms with E-state index in [9.17, 15) is 0 Å². The topological polar surface area (TPSA) is 50.7 Å². The number of fused-ring (bicyclic) bond motifs is 1. The van der Waals surface area contributed by atoms with Gasteiger partial charge in [-0.05, 0) is 42.7 Å². The Bertz CT molecular complexity index is 913. The van der Waals surface area contributed by atoms with E-state index >= 15 is 0 Å². The van der Waals surface area contributed by atoms with Crippen molar-refractivity contribution in [3.63, 3.8) is 0 Å². The average Bonchev–Trinajstić information content (AvgIpc) is 2.76. The van der Waals surface area contributed by atoms with E-state index in [2.05, 4.69) is 41.4 Å². The van der Waals surface area contributed by atoms with Crippen LogP contribution in [0.1, 0.15) is 63.9 Å². The molecule has 3 aromatic rings. The predicted molar refractivity (Wildman–Crippen MR) is 125 cm³/mol. The van der Waals surface area contributed by atoms with Crippen LogP contribution in [0.4, 0.5) is 17.1 Å². The lowest BCUT2D eigenvalue weighted by atomic mass is 10.0. The van der Waals surface area contributed by atoms with E-state index < -0.39 is 0 Å². The fraction of sp³-hybridized carbons (Fsp3) is 0.385. The number of unbranched alkanes of at least 4 members (excludes halogenated alkanes) is 7. The van der Waals surface area contributed by atoms with Crippen LogP contribution in [0.25, 0.3) is 10.8 Å². The van der Waals surface area contributed by atoms with Crippen LogP contribution in [0.3, 0.4) is 0 Å². The second kappa shape index (κ2) is 11.4. The minimum atomic E-state index is 0.768. The van der Waals surface area contributed by atoms with Gasteiger partial charge in [0.25, 0.3) is 0 Å². The Balaban J connectivity index is 1.49. The van der Waals surface area contributed by atoms with Crippen molar-refractivity contribution in [2.45, 2.75) is 64.7 Å². The Kier molecular flexibility index (Phi) is 8.24. The SMILES string of the molecule is CCCCCCCCCCc1ccc(N=Nc2ccc(N)c3ccccc23)cc1. The summed E-state index contributed by atoms with van der Waals surface area (Å²) in [5.74, 6) is 0. The van der Waals surface area contributed by atoms with Gasteiger partial charge < -0.3 is 5.73 Å². The van der Waals surface area contributed by atoms with Gasteiger partial charge in [-0.1, -0.05) is 88.3 Å². The predicted octanol–water partition coefficient (Wildman–Crippen LogP) is 8.52. The summed E-state index contributed by atoms with van der Waals surface area (Å²) in [5.41, 5.74) is 9.94. The summed E-state index contributed by atoms with van der Waals surface area (Å²) < 4.78 is 0. The number of nitrogens with two attached hydrogens (primary N) is 1. The smallest absolute Gasteiger partial charge is 0.0936 e. The first kappa shape index (κ1) is 21.0. The molecule has 0 spiro atoms. The Labute approximate surface area is 175 Å². The minimum Gasteiger partial charge on any atom is -0.398 e. The van der Waals surface area contributed by atoms with Crippen molar-refractivity contribution >= 4 is 27.8 Å². The number of anilines is 1. The normalized spacial score (nSPS) is 11.5. The molecule has 3 rings (SSSR count). The lowest BCUT2D eigenvalue weighted by molar-refractivity contribution is 0.575. The lowest BCUT2D eigenvalue weighted by Crippen LogP contribution is -1.86. The summed E-state index contributed by atoms with van der Waals surface area (Å²) in [7, 11) is 0. The zero-order valence-electron chi connectivity index (χ0n) is 17.6. The molecule has 0 saturated heterocycles. The maximum Gasteiger partial charge on any atom is 0.0936 e. The van der Waals surface area contributed by atoms with Crippen LogP contribution < -0.4 is 5.73 Å². The van der Waals surface area contributed by atoms with E-state index in [1.54, 1.807) is 0 Å². The molecule has 29 heavy (non-hydrogen) atoms. The quantitative estimate of drug-likeness (QED) is 0.200. The number of nitrogen functional groups attached to an aromatic ring is 1. The largest absolute Gasteiger partial charge is 0.398 e. The first-order valence-corrected chi connectivity index (χ1v) is 11.1. The van der Waals surface area contributed by atoms with E-state index in [-0.39, 0.29) is 0 Å². The molecule has 0 atom stereocenters. The van der Waals surface area contributed by atoms with E-state index in [4.69, 9.17) is 5.73 Å². The van der Waals surface area contributed by atoms with Crippen LogP contribution in [0.15, 0.2) is 70.9 Å². The maximum atomic E-state index is 6.06. The first-order chi connectivity index (χ1) is 14.3. The summed E-state index contributed by atoms with van der Waals surface area (Å²) >= 11 is 0. The van der Waals surface area contributed by atoms with Crippen LogP contribution >= 0.6 is 0 Å². The van der Waals surface area contributed by atoms with Gasteiger partial charge in [-0.25, -0.2) is 0 Å². The van der Waals surface area contributed by atoms with E-state index in [1.165, 1.54) is 56.9 Å². The van der Waals surface area contributed by atoms with Gasteiger partial charge >= 0.3 is 0 Å². The van der Waals surface area contributed by atoms with Crippen LogP contribution in [0.2, 0.25) is 0 Å². The van der Waals surface area contributed by atoms with Crippen LogP contribution in [-0.2, 0) is 6.42 Å². The third-order valence-corrected chi connectivity index (χ3v) is 5.46. The third kappa shape index (κ3) is 6.42. The zero-order chi connectivity index (χ0) is 20.3.